The second-order valence-corrected chi connectivity index (χ2v) is 9.57. The minimum absolute atomic E-state index is 0.254. The van der Waals surface area contributed by atoms with Crippen molar-refractivity contribution in [2.75, 3.05) is 13.1 Å². The van der Waals surface area contributed by atoms with Gasteiger partial charge in [-0.2, -0.15) is 9.29 Å². The highest BCUT2D eigenvalue weighted by molar-refractivity contribution is 7.89. The summed E-state index contributed by atoms with van der Waals surface area (Å²) in [6.07, 6.45) is 1.35. The minimum atomic E-state index is -3.53. The molecule has 26 heavy (non-hydrogen) atoms. The normalized spacial score (nSPS) is 18.2. The average molecular weight is 378 g/mol. The number of nitrogens with zero attached hydrogens (tertiary/aromatic N) is 3. The average Bonchev–Trinajstić information content (AvgIpc) is 3.01. The van der Waals surface area contributed by atoms with Gasteiger partial charge in [0, 0.05) is 25.4 Å². The van der Waals surface area contributed by atoms with Gasteiger partial charge in [-0.25, -0.2) is 8.42 Å². The molecule has 0 aliphatic carbocycles. The van der Waals surface area contributed by atoms with Gasteiger partial charge in [-0.3, -0.25) is 0 Å². The molecule has 0 amide bonds. The van der Waals surface area contributed by atoms with Gasteiger partial charge >= 0.3 is 0 Å². The Morgan fingerprint density at radius 3 is 2.04 bits per heavy atom. The van der Waals surface area contributed by atoms with E-state index in [1.807, 2.05) is 27.7 Å². The van der Waals surface area contributed by atoms with Gasteiger partial charge in [0.2, 0.25) is 15.9 Å². The monoisotopic (exact) mass is 377 g/mol. The fourth-order valence-electron chi connectivity index (χ4n) is 3.68. The first-order chi connectivity index (χ1) is 12.1. The van der Waals surface area contributed by atoms with E-state index in [9.17, 15) is 8.42 Å². The standard InChI is InChI=1S/C19H27N3O3S/c1-12-11-13(2)15(4)17(14(12)3)26(23,24)22-9-7-19(6,8-10-22)18-20-16(5)25-21-18/h11H,7-10H2,1-6H3. The molecule has 0 unspecified atom stereocenters. The molecule has 1 aliphatic rings. The molecule has 0 spiro atoms. The van der Waals surface area contributed by atoms with Crippen molar-refractivity contribution < 1.29 is 12.9 Å². The van der Waals surface area contributed by atoms with Gasteiger partial charge in [0.1, 0.15) is 0 Å². The number of hydrogen-bond donors (Lipinski definition) is 0. The lowest BCUT2D eigenvalue weighted by molar-refractivity contribution is 0.233. The Hall–Kier alpha value is -1.73. The van der Waals surface area contributed by atoms with Gasteiger partial charge in [0.05, 0.1) is 4.90 Å². The molecule has 2 heterocycles. The van der Waals surface area contributed by atoms with Gasteiger partial charge in [-0.05, 0) is 62.8 Å². The third-order valence-corrected chi connectivity index (χ3v) is 7.96. The van der Waals surface area contributed by atoms with E-state index < -0.39 is 10.0 Å². The molecule has 1 aromatic heterocycles. The second kappa shape index (κ2) is 6.46. The quantitative estimate of drug-likeness (QED) is 0.820. The smallest absolute Gasteiger partial charge is 0.243 e. The van der Waals surface area contributed by atoms with Crippen LogP contribution in [0.2, 0.25) is 0 Å². The third-order valence-electron chi connectivity index (χ3n) is 5.79. The van der Waals surface area contributed by atoms with Crippen LogP contribution < -0.4 is 0 Å². The number of piperidine rings is 1. The Balaban J connectivity index is 1.90. The van der Waals surface area contributed by atoms with E-state index in [-0.39, 0.29) is 5.41 Å². The zero-order valence-corrected chi connectivity index (χ0v) is 17.2. The Morgan fingerprint density at radius 1 is 1.04 bits per heavy atom. The molecule has 7 heteroatoms. The van der Waals surface area contributed by atoms with Crippen LogP contribution in [-0.2, 0) is 15.4 Å². The molecular weight excluding hydrogens is 350 g/mol. The van der Waals surface area contributed by atoms with E-state index >= 15 is 0 Å². The van der Waals surface area contributed by atoms with Crippen molar-refractivity contribution in [3.63, 3.8) is 0 Å². The molecule has 0 atom stereocenters. The highest BCUT2D eigenvalue weighted by atomic mass is 32.2. The molecule has 1 aliphatic heterocycles. The van der Waals surface area contributed by atoms with E-state index in [0.29, 0.717) is 42.5 Å². The summed E-state index contributed by atoms with van der Waals surface area (Å²) in [7, 11) is -3.53. The van der Waals surface area contributed by atoms with Crippen molar-refractivity contribution in [2.24, 2.45) is 0 Å². The topological polar surface area (TPSA) is 76.3 Å². The van der Waals surface area contributed by atoms with Crippen molar-refractivity contribution in [1.29, 1.82) is 0 Å². The molecule has 142 valence electrons. The summed E-state index contributed by atoms with van der Waals surface area (Å²) in [5.41, 5.74) is 3.45. The van der Waals surface area contributed by atoms with Crippen LogP contribution in [0.5, 0.6) is 0 Å². The molecule has 3 rings (SSSR count). The summed E-state index contributed by atoms with van der Waals surface area (Å²) in [4.78, 5) is 4.82. The van der Waals surface area contributed by atoms with E-state index in [0.717, 1.165) is 22.3 Å². The zero-order valence-electron chi connectivity index (χ0n) is 16.4. The molecule has 2 aromatic rings. The summed E-state index contributed by atoms with van der Waals surface area (Å²) < 4.78 is 33.4. The van der Waals surface area contributed by atoms with Crippen molar-refractivity contribution in [3.8, 4) is 0 Å². The first-order valence-electron chi connectivity index (χ1n) is 8.94. The van der Waals surface area contributed by atoms with E-state index in [1.165, 1.54) is 0 Å². The first-order valence-corrected chi connectivity index (χ1v) is 10.4. The second-order valence-electron chi connectivity index (χ2n) is 7.69. The van der Waals surface area contributed by atoms with E-state index in [1.54, 1.807) is 11.2 Å². The van der Waals surface area contributed by atoms with Crippen LogP contribution >= 0.6 is 0 Å². The van der Waals surface area contributed by atoms with Gasteiger partial charge in [-0.15, -0.1) is 0 Å². The van der Waals surface area contributed by atoms with Crippen LogP contribution in [0, 0.1) is 34.6 Å². The molecule has 0 N–H and O–H groups in total. The predicted octanol–water partition coefficient (Wildman–Crippen LogP) is 3.35. The van der Waals surface area contributed by atoms with Crippen LogP contribution in [0.15, 0.2) is 15.5 Å². The molecule has 1 saturated heterocycles. The van der Waals surface area contributed by atoms with Crippen molar-refractivity contribution >= 4 is 10.0 Å². The first kappa shape index (κ1) is 19.0. The summed E-state index contributed by atoms with van der Waals surface area (Å²) in [6.45, 7) is 12.5. The fraction of sp³-hybridized carbons (Fsp3) is 0.579. The lowest BCUT2D eigenvalue weighted by Crippen LogP contribution is -2.44. The van der Waals surface area contributed by atoms with Gasteiger partial charge in [0.15, 0.2) is 5.82 Å². The van der Waals surface area contributed by atoms with Crippen molar-refractivity contribution in [3.05, 3.63) is 40.0 Å². The van der Waals surface area contributed by atoms with Crippen LogP contribution in [0.25, 0.3) is 0 Å². The Labute approximate surface area is 155 Å². The lowest BCUT2D eigenvalue weighted by atomic mass is 9.80. The number of hydrogen-bond acceptors (Lipinski definition) is 5. The number of rotatable bonds is 3. The highest BCUT2D eigenvalue weighted by Crippen LogP contribution is 2.36. The van der Waals surface area contributed by atoms with Crippen molar-refractivity contribution in [2.45, 2.75) is 64.7 Å². The molecule has 1 fully saturated rings. The predicted molar refractivity (Wildman–Crippen MR) is 99.8 cm³/mol. The molecule has 0 radical (unpaired) electrons. The summed E-state index contributed by atoms with van der Waals surface area (Å²) in [5.74, 6) is 1.21. The van der Waals surface area contributed by atoms with Gasteiger partial charge in [-0.1, -0.05) is 18.1 Å². The van der Waals surface area contributed by atoms with Gasteiger partial charge in [0.25, 0.3) is 0 Å². The molecular formula is C19H27N3O3S. The fourth-order valence-corrected chi connectivity index (χ4v) is 5.70. The zero-order chi connectivity index (χ0) is 19.3. The maximum Gasteiger partial charge on any atom is 0.243 e. The number of benzene rings is 1. The minimum Gasteiger partial charge on any atom is -0.340 e. The summed E-state index contributed by atoms with van der Waals surface area (Å²) in [5, 5.41) is 4.05. The third kappa shape index (κ3) is 3.07. The van der Waals surface area contributed by atoms with Crippen LogP contribution in [0.4, 0.5) is 0 Å². The van der Waals surface area contributed by atoms with E-state index in [2.05, 4.69) is 23.1 Å². The largest absolute Gasteiger partial charge is 0.340 e. The number of aryl methyl sites for hydroxylation is 3. The van der Waals surface area contributed by atoms with Crippen molar-refractivity contribution in [1.82, 2.24) is 14.4 Å². The maximum absolute atomic E-state index is 13.4. The summed E-state index contributed by atoms with van der Waals surface area (Å²) >= 11 is 0. The Kier molecular flexibility index (Phi) is 4.73. The molecule has 0 bridgehead atoms. The van der Waals surface area contributed by atoms with Crippen LogP contribution in [0.1, 0.15) is 53.7 Å². The lowest BCUT2D eigenvalue weighted by Gasteiger charge is -2.37. The van der Waals surface area contributed by atoms with Crippen LogP contribution in [-0.4, -0.2) is 36.0 Å². The maximum atomic E-state index is 13.4. The molecule has 0 saturated carbocycles. The summed E-state index contributed by atoms with van der Waals surface area (Å²) in [6, 6.07) is 2.05. The van der Waals surface area contributed by atoms with Gasteiger partial charge < -0.3 is 4.52 Å². The number of aromatic nitrogens is 2. The Bertz CT molecular complexity index is 913. The number of sulfonamides is 1. The van der Waals surface area contributed by atoms with Crippen LogP contribution in [0.3, 0.4) is 0 Å². The highest BCUT2D eigenvalue weighted by Gasteiger charge is 2.40. The Morgan fingerprint density at radius 2 is 1.58 bits per heavy atom. The van der Waals surface area contributed by atoms with E-state index in [4.69, 9.17) is 4.52 Å². The molecule has 1 aromatic carbocycles. The SMILES string of the molecule is Cc1nc(C2(C)CCN(S(=O)(=O)c3c(C)c(C)cc(C)c3C)CC2)no1. The molecule has 6 nitrogen and oxygen atoms in total.